The predicted molar refractivity (Wildman–Crippen MR) is 80.3 cm³/mol. The highest BCUT2D eigenvalue weighted by Gasteiger charge is 2.18. The van der Waals surface area contributed by atoms with E-state index in [1.165, 1.54) is 4.68 Å². The summed E-state index contributed by atoms with van der Waals surface area (Å²) in [6.07, 6.45) is 1.12. The zero-order valence-electron chi connectivity index (χ0n) is 13.0. The Morgan fingerprint density at radius 3 is 2.55 bits per heavy atom. The highest BCUT2D eigenvalue weighted by Crippen LogP contribution is 2.12. The smallest absolute Gasteiger partial charge is 0.169 e. The molecule has 1 saturated heterocycles. The Kier molecular flexibility index (Phi) is 6.67. The first-order chi connectivity index (χ1) is 9.58. The number of nitro groups is 1. The van der Waals surface area contributed by atoms with Crippen LogP contribution in [0.2, 0.25) is 0 Å². The quantitative estimate of drug-likeness (QED) is 0.628. The highest BCUT2D eigenvalue weighted by molar-refractivity contribution is 5.13. The van der Waals surface area contributed by atoms with Gasteiger partial charge in [-0.15, -0.1) is 0 Å². The van der Waals surface area contributed by atoms with Crippen LogP contribution in [-0.4, -0.2) is 52.7 Å². The van der Waals surface area contributed by atoms with Gasteiger partial charge < -0.3 is 4.90 Å². The van der Waals surface area contributed by atoms with Crippen molar-refractivity contribution in [2.45, 2.75) is 33.7 Å². The van der Waals surface area contributed by atoms with Crippen molar-refractivity contribution < 1.29 is 5.03 Å². The molecule has 114 valence electrons. The summed E-state index contributed by atoms with van der Waals surface area (Å²) in [6.45, 7) is 10.5. The summed E-state index contributed by atoms with van der Waals surface area (Å²) in [5, 5.41) is 10.7. The SMILES string of the molecule is CC.Cc1ccc(CN2CCCN(C)CC2)n1[N+](=O)[O-]. The van der Waals surface area contributed by atoms with Gasteiger partial charge in [-0.2, -0.15) is 0 Å². The minimum absolute atomic E-state index is 0.339. The Morgan fingerprint density at radius 1 is 1.20 bits per heavy atom. The molecular formula is C14H26N4O2. The molecule has 0 atom stereocenters. The Bertz CT molecular complexity index is 431. The number of aromatic nitrogens is 1. The zero-order valence-corrected chi connectivity index (χ0v) is 13.0. The zero-order chi connectivity index (χ0) is 15.1. The number of hydrogen-bond acceptors (Lipinski definition) is 4. The molecule has 20 heavy (non-hydrogen) atoms. The molecule has 1 aromatic rings. The van der Waals surface area contributed by atoms with E-state index in [1.807, 2.05) is 26.0 Å². The highest BCUT2D eigenvalue weighted by atomic mass is 16.7. The molecule has 0 saturated carbocycles. The first kappa shape index (κ1) is 16.7. The molecule has 0 bridgehead atoms. The fourth-order valence-electron chi connectivity index (χ4n) is 2.43. The molecule has 1 aliphatic rings. The molecule has 0 spiro atoms. The molecule has 1 aliphatic heterocycles. The van der Waals surface area contributed by atoms with Crippen LogP contribution in [0.5, 0.6) is 0 Å². The van der Waals surface area contributed by atoms with Gasteiger partial charge in [-0.25, -0.2) is 10.1 Å². The molecule has 0 aliphatic carbocycles. The van der Waals surface area contributed by atoms with Crippen LogP contribution in [0.4, 0.5) is 0 Å². The van der Waals surface area contributed by atoms with E-state index in [-0.39, 0.29) is 5.03 Å². The fourth-order valence-corrected chi connectivity index (χ4v) is 2.43. The Morgan fingerprint density at radius 2 is 1.90 bits per heavy atom. The third-order valence-electron chi connectivity index (χ3n) is 3.48. The first-order valence-electron chi connectivity index (χ1n) is 7.30. The number of hydrogen-bond donors (Lipinski definition) is 0. The summed E-state index contributed by atoms with van der Waals surface area (Å²) < 4.78 is 1.19. The van der Waals surface area contributed by atoms with Gasteiger partial charge in [-0.05, 0) is 45.6 Å². The van der Waals surface area contributed by atoms with Crippen molar-refractivity contribution in [3.05, 3.63) is 33.6 Å². The van der Waals surface area contributed by atoms with E-state index in [9.17, 15) is 10.1 Å². The average molecular weight is 282 g/mol. The molecule has 0 radical (unpaired) electrons. The van der Waals surface area contributed by atoms with Crippen LogP contribution in [-0.2, 0) is 6.54 Å². The lowest BCUT2D eigenvalue weighted by atomic mass is 10.3. The van der Waals surface area contributed by atoms with Crippen LogP contribution in [0.1, 0.15) is 31.7 Å². The molecule has 0 unspecified atom stereocenters. The molecular weight excluding hydrogens is 256 g/mol. The summed E-state index contributed by atoms with van der Waals surface area (Å²) in [6, 6.07) is 3.66. The van der Waals surface area contributed by atoms with Gasteiger partial charge >= 0.3 is 0 Å². The molecule has 6 heteroatoms. The Hall–Kier alpha value is -1.40. The summed E-state index contributed by atoms with van der Waals surface area (Å²) in [7, 11) is 2.12. The van der Waals surface area contributed by atoms with Crippen molar-refractivity contribution in [3.8, 4) is 0 Å². The third kappa shape index (κ3) is 4.31. The van der Waals surface area contributed by atoms with Crippen molar-refractivity contribution in [1.29, 1.82) is 0 Å². The summed E-state index contributed by atoms with van der Waals surface area (Å²) in [4.78, 5) is 15.6. The fraction of sp³-hybridized carbons (Fsp3) is 0.714. The second-order valence-electron chi connectivity index (χ2n) is 4.95. The lowest BCUT2D eigenvalue weighted by Gasteiger charge is -2.19. The molecule has 2 rings (SSSR count). The lowest BCUT2D eigenvalue weighted by Crippen LogP contribution is -2.30. The van der Waals surface area contributed by atoms with Gasteiger partial charge in [0.15, 0.2) is 5.03 Å². The molecule has 2 heterocycles. The molecule has 0 aromatic carbocycles. The molecule has 1 aromatic heterocycles. The standard InChI is InChI=1S/C12H20N4O2.C2H6/c1-11-4-5-12(15(11)16(17)18)10-14-7-3-6-13(2)8-9-14;1-2/h4-5H,3,6-10H2,1-2H3;1-2H3. The van der Waals surface area contributed by atoms with Crippen LogP contribution in [0, 0.1) is 17.0 Å². The monoisotopic (exact) mass is 282 g/mol. The van der Waals surface area contributed by atoms with E-state index >= 15 is 0 Å². The number of nitrogens with zero attached hydrogens (tertiary/aromatic N) is 4. The normalized spacial score (nSPS) is 17.2. The van der Waals surface area contributed by atoms with Gasteiger partial charge in [0.25, 0.3) is 0 Å². The minimum Gasteiger partial charge on any atom is -0.305 e. The van der Waals surface area contributed by atoms with Gasteiger partial charge in [-0.3, -0.25) is 4.90 Å². The molecule has 0 N–H and O–H groups in total. The molecule has 1 fully saturated rings. The number of aryl methyl sites for hydroxylation is 1. The van der Waals surface area contributed by atoms with Crippen LogP contribution in [0.3, 0.4) is 0 Å². The Balaban J connectivity index is 0.000000956. The van der Waals surface area contributed by atoms with E-state index < -0.39 is 0 Å². The maximum absolute atomic E-state index is 11.0. The van der Waals surface area contributed by atoms with Crippen molar-refractivity contribution in [2.24, 2.45) is 0 Å². The number of likely N-dealkylation sites (N-methyl/N-ethyl adjacent to an activating group) is 1. The molecule has 0 amide bonds. The van der Waals surface area contributed by atoms with Crippen molar-refractivity contribution >= 4 is 0 Å². The minimum atomic E-state index is -0.339. The predicted octanol–water partition coefficient (Wildman–Crippen LogP) is 2.00. The summed E-state index contributed by atoms with van der Waals surface area (Å²) in [5.41, 5.74) is 1.45. The maximum Gasteiger partial charge on any atom is 0.169 e. The van der Waals surface area contributed by atoms with E-state index in [0.29, 0.717) is 12.2 Å². The second-order valence-corrected chi connectivity index (χ2v) is 4.95. The van der Waals surface area contributed by atoms with E-state index in [1.54, 1.807) is 6.92 Å². The third-order valence-corrected chi connectivity index (χ3v) is 3.48. The van der Waals surface area contributed by atoms with Crippen molar-refractivity contribution in [3.63, 3.8) is 0 Å². The van der Waals surface area contributed by atoms with Gasteiger partial charge in [0.2, 0.25) is 0 Å². The Labute approximate surface area is 121 Å². The van der Waals surface area contributed by atoms with E-state index in [2.05, 4.69) is 16.8 Å². The number of rotatable bonds is 3. The van der Waals surface area contributed by atoms with Gasteiger partial charge in [-0.1, -0.05) is 18.5 Å². The molecule has 6 nitrogen and oxygen atoms in total. The maximum atomic E-state index is 11.0. The van der Waals surface area contributed by atoms with Crippen molar-refractivity contribution in [1.82, 2.24) is 14.5 Å². The van der Waals surface area contributed by atoms with Crippen LogP contribution >= 0.6 is 0 Å². The topological polar surface area (TPSA) is 54.5 Å². The van der Waals surface area contributed by atoms with Gasteiger partial charge in [0.1, 0.15) is 5.69 Å². The summed E-state index contributed by atoms with van der Waals surface area (Å²) in [5.74, 6) is 0. The lowest BCUT2D eigenvalue weighted by molar-refractivity contribution is -0.544. The average Bonchev–Trinajstić information content (AvgIpc) is 2.66. The van der Waals surface area contributed by atoms with Gasteiger partial charge in [0.05, 0.1) is 5.69 Å². The van der Waals surface area contributed by atoms with Crippen molar-refractivity contribution in [2.75, 3.05) is 33.2 Å². The van der Waals surface area contributed by atoms with E-state index in [4.69, 9.17) is 0 Å². The van der Waals surface area contributed by atoms with E-state index in [0.717, 1.165) is 38.3 Å². The summed E-state index contributed by atoms with van der Waals surface area (Å²) >= 11 is 0. The largest absolute Gasteiger partial charge is 0.305 e. The van der Waals surface area contributed by atoms with Crippen LogP contribution in [0.25, 0.3) is 0 Å². The van der Waals surface area contributed by atoms with Crippen LogP contribution in [0.15, 0.2) is 12.1 Å². The van der Waals surface area contributed by atoms with Crippen LogP contribution < -0.4 is 0 Å². The van der Waals surface area contributed by atoms with Gasteiger partial charge in [0, 0.05) is 19.6 Å². The second kappa shape index (κ2) is 8.01. The first-order valence-corrected chi connectivity index (χ1v) is 7.30.